The van der Waals surface area contributed by atoms with Gasteiger partial charge in [-0.25, -0.2) is 0 Å². The molecule has 0 radical (unpaired) electrons. The number of benzene rings is 1. The molecule has 0 spiro atoms. The van der Waals surface area contributed by atoms with Gasteiger partial charge in [0.25, 0.3) is 0 Å². The summed E-state index contributed by atoms with van der Waals surface area (Å²) in [7, 11) is 0. The van der Waals surface area contributed by atoms with Gasteiger partial charge in [-0.3, -0.25) is 4.98 Å². The highest BCUT2D eigenvalue weighted by Crippen LogP contribution is 2.27. The molecule has 1 aromatic carbocycles. The molecule has 94 valence electrons. The van der Waals surface area contributed by atoms with Crippen LogP contribution in [0.1, 0.15) is 0 Å². The first-order valence-electron chi connectivity index (χ1n) is 5.64. The molecule has 0 fully saturated rings. The smallest absolute Gasteiger partial charge is 0.155 e. The number of para-hydroxylation sites is 1. The molecule has 0 saturated heterocycles. The summed E-state index contributed by atoms with van der Waals surface area (Å²) in [5, 5.41) is 8.73. The highest BCUT2D eigenvalue weighted by Gasteiger charge is 2.14. The summed E-state index contributed by atoms with van der Waals surface area (Å²) in [5.74, 6) is 0.444. The van der Waals surface area contributed by atoms with Crippen molar-refractivity contribution in [2.45, 2.75) is 0 Å². The van der Waals surface area contributed by atoms with Gasteiger partial charge in [0.05, 0.1) is 10.7 Å². The molecule has 3 rings (SSSR count). The summed E-state index contributed by atoms with van der Waals surface area (Å²) in [6.45, 7) is 0. The fourth-order valence-corrected chi connectivity index (χ4v) is 2.02. The molecule has 2 heterocycles. The zero-order chi connectivity index (χ0) is 13.2. The maximum Gasteiger partial charge on any atom is 0.155 e. The monoisotopic (exact) mass is 271 g/mol. The maximum absolute atomic E-state index is 6.13. The molecule has 5 nitrogen and oxygen atoms in total. The fourth-order valence-electron chi connectivity index (χ4n) is 1.81. The van der Waals surface area contributed by atoms with Crippen molar-refractivity contribution >= 4 is 17.4 Å². The minimum absolute atomic E-state index is 0.444. The lowest BCUT2D eigenvalue weighted by atomic mass is 10.2. The number of hydrogen-bond acceptors (Lipinski definition) is 4. The van der Waals surface area contributed by atoms with Gasteiger partial charge in [-0.2, -0.15) is 4.68 Å². The van der Waals surface area contributed by atoms with Crippen LogP contribution in [0.2, 0.25) is 5.02 Å². The van der Waals surface area contributed by atoms with Gasteiger partial charge in [0.15, 0.2) is 5.82 Å². The van der Waals surface area contributed by atoms with Gasteiger partial charge in [0.2, 0.25) is 0 Å². The third-order valence-electron chi connectivity index (χ3n) is 2.74. The third-order valence-corrected chi connectivity index (χ3v) is 3.06. The number of aromatic nitrogens is 4. The fraction of sp³-hybridized carbons (Fsp3) is 0. The molecule has 0 saturated carbocycles. The normalized spacial score (nSPS) is 10.6. The third kappa shape index (κ3) is 2.04. The average Bonchev–Trinajstić information content (AvgIpc) is 2.82. The zero-order valence-corrected chi connectivity index (χ0v) is 10.6. The summed E-state index contributed by atoms with van der Waals surface area (Å²) in [6.07, 6.45) is 3.37. The van der Waals surface area contributed by atoms with Crippen LogP contribution in [0.4, 0.5) is 5.82 Å². The minimum atomic E-state index is 0.444. The molecule has 6 heteroatoms. The number of halogens is 1. The van der Waals surface area contributed by atoms with Gasteiger partial charge in [0, 0.05) is 18.0 Å². The molecule has 0 bridgehead atoms. The van der Waals surface area contributed by atoms with Gasteiger partial charge in [0.1, 0.15) is 5.69 Å². The molecule has 19 heavy (non-hydrogen) atoms. The highest BCUT2D eigenvalue weighted by molar-refractivity contribution is 6.32. The summed E-state index contributed by atoms with van der Waals surface area (Å²) < 4.78 is 1.53. The van der Waals surface area contributed by atoms with E-state index in [0.717, 1.165) is 5.56 Å². The number of nitrogens with zero attached hydrogens (tertiary/aromatic N) is 4. The van der Waals surface area contributed by atoms with E-state index in [-0.39, 0.29) is 0 Å². The van der Waals surface area contributed by atoms with Crippen molar-refractivity contribution in [2.75, 3.05) is 5.73 Å². The van der Waals surface area contributed by atoms with Crippen molar-refractivity contribution in [1.82, 2.24) is 20.0 Å². The Morgan fingerprint density at radius 2 is 1.79 bits per heavy atom. The number of nitrogen functional groups attached to an aromatic ring is 1. The molecule has 0 aliphatic heterocycles. The zero-order valence-electron chi connectivity index (χ0n) is 9.86. The Morgan fingerprint density at radius 3 is 2.53 bits per heavy atom. The first-order valence-corrected chi connectivity index (χ1v) is 6.01. The van der Waals surface area contributed by atoms with Gasteiger partial charge in [-0.15, -0.1) is 5.10 Å². The van der Waals surface area contributed by atoms with Crippen molar-refractivity contribution < 1.29 is 0 Å². The van der Waals surface area contributed by atoms with E-state index in [4.69, 9.17) is 17.3 Å². The van der Waals surface area contributed by atoms with Crippen LogP contribution >= 0.6 is 11.6 Å². The molecule has 0 unspecified atom stereocenters. The van der Waals surface area contributed by atoms with E-state index >= 15 is 0 Å². The lowest BCUT2D eigenvalue weighted by Gasteiger charge is -2.05. The molecule has 3 aromatic rings. The quantitative estimate of drug-likeness (QED) is 0.778. The maximum atomic E-state index is 6.13. The van der Waals surface area contributed by atoms with Crippen LogP contribution in [-0.2, 0) is 0 Å². The van der Waals surface area contributed by atoms with Crippen LogP contribution in [0.5, 0.6) is 0 Å². The van der Waals surface area contributed by atoms with Crippen LogP contribution in [0.15, 0.2) is 48.8 Å². The first kappa shape index (κ1) is 11.7. The lowest BCUT2D eigenvalue weighted by molar-refractivity contribution is 0.810. The predicted octanol–water partition coefficient (Wildman–Crippen LogP) is 2.56. The Labute approximate surface area is 114 Å². The van der Waals surface area contributed by atoms with Crippen molar-refractivity contribution in [1.29, 1.82) is 0 Å². The Hall–Kier alpha value is -2.40. The predicted molar refractivity (Wildman–Crippen MR) is 74.0 cm³/mol. The minimum Gasteiger partial charge on any atom is -0.382 e. The van der Waals surface area contributed by atoms with E-state index in [1.54, 1.807) is 18.5 Å². The Balaban J connectivity index is 2.12. The van der Waals surface area contributed by atoms with Gasteiger partial charge < -0.3 is 5.73 Å². The number of nitrogens with two attached hydrogens (primary N) is 1. The van der Waals surface area contributed by atoms with Crippen LogP contribution in [0.3, 0.4) is 0 Å². The van der Waals surface area contributed by atoms with E-state index in [1.807, 2.05) is 30.3 Å². The van der Waals surface area contributed by atoms with E-state index < -0.39 is 0 Å². The van der Waals surface area contributed by atoms with Crippen LogP contribution < -0.4 is 5.73 Å². The second-order valence-corrected chi connectivity index (χ2v) is 4.33. The Morgan fingerprint density at radius 1 is 1.05 bits per heavy atom. The molecule has 2 aromatic heterocycles. The molecule has 2 N–H and O–H groups in total. The van der Waals surface area contributed by atoms with E-state index in [0.29, 0.717) is 22.2 Å². The van der Waals surface area contributed by atoms with Crippen LogP contribution in [-0.4, -0.2) is 20.0 Å². The van der Waals surface area contributed by atoms with E-state index in [9.17, 15) is 0 Å². The molecule has 0 aliphatic rings. The second kappa shape index (κ2) is 4.70. The highest BCUT2D eigenvalue weighted by atomic mass is 35.5. The van der Waals surface area contributed by atoms with Crippen LogP contribution in [0.25, 0.3) is 16.9 Å². The average molecular weight is 272 g/mol. The summed E-state index contributed by atoms with van der Waals surface area (Å²) in [6, 6.07) is 11.0. The second-order valence-electron chi connectivity index (χ2n) is 3.92. The molecular formula is C13H10ClN5. The number of hydrogen-bond donors (Lipinski definition) is 1. The van der Waals surface area contributed by atoms with E-state index in [1.165, 1.54) is 4.68 Å². The number of anilines is 1. The summed E-state index contributed by atoms with van der Waals surface area (Å²) >= 11 is 6.13. The Bertz CT molecular complexity index is 708. The van der Waals surface area contributed by atoms with Crippen molar-refractivity contribution in [3.05, 3.63) is 53.8 Å². The summed E-state index contributed by atoms with van der Waals surface area (Å²) in [4.78, 5) is 3.96. The van der Waals surface area contributed by atoms with Crippen molar-refractivity contribution in [3.8, 4) is 16.9 Å². The Kier molecular flexibility index (Phi) is 2.89. The SMILES string of the molecule is Nc1c(-c2ccncc2)nnn1-c1ccccc1Cl. The van der Waals surface area contributed by atoms with Gasteiger partial charge >= 0.3 is 0 Å². The molecule has 0 amide bonds. The molecule has 0 aliphatic carbocycles. The first-order chi connectivity index (χ1) is 9.27. The molecular weight excluding hydrogens is 262 g/mol. The lowest BCUT2D eigenvalue weighted by Crippen LogP contribution is -2.02. The van der Waals surface area contributed by atoms with Gasteiger partial charge in [-0.1, -0.05) is 28.9 Å². The van der Waals surface area contributed by atoms with Crippen LogP contribution in [0, 0.1) is 0 Å². The van der Waals surface area contributed by atoms with Gasteiger partial charge in [-0.05, 0) is 24.3 Å². The van der Waals surface area contributed by atoms with Crippen molar-refractivity contribution in [2.24, 2.45) is 0 Å². The standard InChI is InChI=1S/C13H10ClN5/c14-10-3-1-2-4-11(10)19-13(15)12(17-18-19)9-5-7-16-8-6-9/h1-8H,15H2. The topological polar surface area (TPSA) is 69.6 Å². The van der Waals surface area contributed by atoms with Crippen molar-refractivity contribution in [3.63, 3.8) is 0 Å². The number of rotatable bonds is 2. The van der Waals surface area contributed by atoms with E-state index in [2.05, 4.69) is 15.3 Å². The largest absolute Gasteiger partial charge is 0.382 e. The molecule has 0 atom stereocenters. The summed E-state index contributed by atoms with van der Waals surface area (Å²) in [5.41, 5.74) is 8.28. The number of pyridine rings is 1.